The van der Waals surface area contributed by atoms with Crippen LogP contribution in [0.15, 0.2) is 11.6 Å². The maximum absolute atomic E-state index is 11.1. The Balaban J connectivity index is 1.50. The average Bonchev–Trinajstić information content (AvgIpc) is 3.08. The highest BCUT2D eigenvalue weighted by Crippen LogP contribution is 2.67. The molecule has 3 fully saturated rings. The zero-order valence-electron chi connectivity index (χ0n) is 21.1. The summed E-state index contributed by atoms with van der Waals surface area (Å²) in [7, 11) is 0. The summed E-state index contributed by atoms with van der Waals surface area (Å²) in [6, 6.07) is 0. The van der Waals surface area contributed by atoms with E-state index < -0.39 is 11.7 Å². The van der Waals surface area contributed by atoms with Gasteiger partial charge in [0.05, 0.1) is 17.8 Å². The number of allylic oxidation sites excluding steroid dienone is 1. The number of hydrogen-bond donors (Lipinski definition) is 4. The van der Waals surface area contributed by atoms with Crippen molar-refractivity contribution >= 4 is 0 Å². The fourth-order valence-electron chi connectivity index (χ4n) is 8.91. The Hall–Kier alpha value is -0.420. The fraction of sp³-hybridized carbons (Fsp3) is 0.929. The topological polar surface area (TPSA) is 80.9 Å². The molecule has 10 atom stereocenters. The molecule has 4 N–H and O–H groups in total. The van der Waals surface area contributed by atoms with Crippen molar-refractivity contribution in [3.05, 3.63) is 11.6 Å². The zero-order chi connectivity index (χ0) is 23.5. The molecule has 4 heteroatoms. The summed E-state index contributed by atoms with van der Waals surface area (Å²) < 4.78 is 0. The third-order valence-electron chi connectivity index (χ3n) is 11.1. The minimum Gasteiger partial charge on any atom is -0.396 e. The number of aliphatic hydroxyl groups excluding tert-OH is 3. The molecule has 0 bridgehead atoms. The predicted molar refractivity (Wildman–Crippen MR) is 128 cm³/mol. The molecule has 0 heterocycles. The number of rotatable bonds is 6. The Morgan fingerprint density at radius 2 is 1.81 bits per heavy atom. The Morgan fingerprint density at radius 3 is 2.47 bits per heavy atom. The molecule has 32 heavy (non-hydrogen) atoms. The van der Waals surface area contributed by atoms with Gasteiger partial charge in [-0.15, -0.1) is 0 Å². The van der Waals surface area contributed by atoms with Gasteiger partial charge >= 0.3 is 0 Å². The summed E-state index contributed by atoms with van der Waals surface area (Å²) in [5, 5.41) is 41.5. The zero-order valence-corrected chi connectivity index (χ0v) is 21.1. The number of fused-ring (bicyclic) bond motifs is 5. The summed E-state index contributed by atoms with van der Waals surface area (Å²) in [5.41, 5.74) is 1.08. The van der Waals surface area contributed by atoms with Crippen LogP contribution >= 0.6 is 0 Å². The molecule has 0 radical (unpaired) electrons. The Labute approximate surface area is 195 Å². The van der Waals surface area contributed by atoms with Gasteiger partial charge in [-0.05, 0) is 112 Å². The predicted octanol–water partition coefficient (Wildman–Crippen LogP) is 4.69. The summed E-state index contributed by atoms with van der Waals surface area (Å²) in [5.74, 6) is 2.55. The van der Waals surface area contributed by atoms with Crippen molar-refractivity contribution in [2.24, 2.45) is 46.3 Å². The molecule has 0 saturated heterocycles. The molecule has 0 amide bonds. The van der Waals surface area contributed by atoms with Gasteiger partial charge in [0.25, 0.3) is 0 Å². The lowest BCUT2D eigenvalue weighted by atomic mass is 9.47. The van der Waals surface area contributed by atoms with Gasteiger partial charge < -0.3 is 20.4 Å². The summed E-state index contributed by atoms with van der Waals surface area (Å²) >= 11 is 0. The normalized spacial score (nSPS) is 44.7. The minimum atomic E-state index is -0.981. The summed E-state index contributed by atoms with van der Waals surface area (Å²) in [6.07, 6.45) is 11.4. The van der Waals surface area contributed by atoms with E-state index in [9.17, 15) is 20.4 Å². The van der Waals surface area contributed by atoms with E-state index in [0.717, 1.165) is 37.5 Å². The molecule has 0 aromatic heterocycles. The molecule has 4 rings (SSSR count). The molecule has 0 aromatic carbocycles. The second kappa shape index (κ2) is 8.66. The van der Waals surface area contributed by atoms with Gasteiger partial charge in [-0.3, -0.25) is 0 Å². The molecular weight excluding hydrogens is 400 g/mol. The van der Waals surface area contributed by atoms with Crippen molar-refractivity contribution in [3.63, 3.8) is 0 Å². The largest absolute Gasteiger partial charge is 0.396 e. The second-order valence-corrected chi connectivity index (χ2v) is 13.1. The number of hydrogen-bond acceptors (Lipinski definition) is 4. The SMILES string of the molecule is C[C@H]([C@H](O)CC(CO)C(C)(C)O)[C@H]1CC[C@H]2[C@@H]3CC=C4C[C@@H](O)CC[C@]4(C)[C@H]3CC[C@]12C. The van der Waals surface area contributed by atoms with Crippen molar-refractivity contribution in [3.8, 4) is 0 Å². The van der Waals surface area contributed by atoms with Crippen LogP contribution in [0.3, 0.4) is 0 Å². The molecule has 0 spiro atoms. The van der Waals surface area contributed by atoms with E-state index in [0.29, 0.717) is 18.3 Å². The monoisotopic (exact) mass is 448 g/mol. The Kier molecular flexibility index (Phi) is 6.68. The van der Waals surface area contributed by atoms with E-state index in [1.807, 2.05) is 0 Å². The van der Waals surface area contributed by atoms with Crippen LogP contribution in [0.5, 0.6) is 0 Å². The van der Waals surface area contributed by atoms with Crippen LogP contribution in [0.25, 0.3) is 0 Å². The lowest BCUT2D eigenvalue weighted by molar-refractivity contribution is -0.0781. The lowest BCUT2D eigenvalue weighted by Gasteiger charge is -2.58. The standard InChI is InChI=1S/C28H48O4/c1-17(25(31)15-19(16-29)26(2,3)32)22-8-9-23-21-7-6-18-14-20(30)10-12-27(18,4)24(21)11-13-28(22,23)5/h6,17,19-25,29-32H,7-16H2,1-5H3/t17-,19?,20-,21-,22+,23-,24-,25+,27-,28+/m0/s1. The van der Waals surface area contributed by atoms with Crippen LogP contribution in [-0.2, 0) is 0 Å². The molecular formula is C28H48O4. The van der Waals surface area contributed by atoms with E-state index in [2.05, 4.69) is 26.8 Å². The van der Waals surface area contributed by atoms with Gasteiger partial charge in [-0.2, -0.15) is 0 Å². The van der Waals surface area contributed by atoms with Crippen LogP contribution < -0.4 is 0 Å². The van der Waals surface area contributed by atoms with Gasteiger partial charge in [-0.25, -0.2) is 0 Å². The van der Waals surface area contributed by atoms with Crippen molar-refractivity contribution in [2.45, 2.75) is 110 Å². The summed E-state index contributed by atoms with van der Waals surface area (Å²) in [4.78, 5) is 0. The first-order chi connectivity index (χ1) is 14.9. The lowest BCUT2D eigenvalue weighted by Crippen LogP contribution is -2.51. The van der Waals surface area contributed by atoms with Crippen LogP contribution in [-0.4, -0.2) is 44.8 Å². The smallest absolute Gasteiger partial charge is 0.0642 e. The molecule has 3 saturated carbocycles. The average molecular weight is 449 g/mol. The molecule has 0 aliphatic heterocycles. The second-order valence-electron chi connectivity index (χ2n) is 13.1. The van der Waals surface area contributed by atoms with Crippen molar-refractivity contribution in [1.82, 2.24) is 0 Å². The first-order valence-electron chi connectivity index (χ1n) is 13.3. The molecule has 4 aliphatic rings. The fourth-order valence-corrected chi connectivity index (χ4v) is 8.91. The van der Waals surface area contributed by atoms with Crippen LogP contribution in [0.2, 0.25) is 0 Å². The molecule has 184 valence electrons. The van der Waals surface area contributed by atoms with Gasteiger partial charge in [0.15, 0.2) is 0 Å². The number of aliphatic hydroxyl groups is 4. The van der Waals surface area contributed by atoms with Gasteiger partial charge in [0, 0.05) is 12.5 Å². The first-order valence-corrected chi connectivity index (χ1v) is 13.3. The van der Waals surface area contributed by atoms with Gasteiger partial charge in [-0.1, -0.05) is 32.4 Å². The van der Waals surface area contributed by atoms with Gasteiger partial charge in [0.1, 0.15) is 0 Å². The van der Waals surface area contributed by atoms with E-state index >= 15 is 0 Å². The summed E-state index contributed by atoms with van der Waals surface area (Å²) in [6.45, 7) is 10.6. The minimum absolute atomic E-state index is 0.0937. The van der Waals surface area contributed by atoms with Crippen LogP contribution in [0.1, 0.15) is 92.4 Å². The maximum atomic E-state index is 11.1. The molecule has 0 aromatic rings. The van der Waals surface area contributed by atoms with E-state index in [1.54, 1.807) is 13.8 Å². The molecule has 1 unspecified atom stereocenters. The maximum Gasteiger partial charge on any atom is 0.0642 e. The molecule has 4 nitrogen and oxygen atoms in total. The van der Waals surface area contributed by atoms with E-state index in [1.165, 1.54) is 31.3 Å². The highest BCUT2D eigenvalue weighted by Gasteiger charge is 2.59. The van der Waals surface area contributed by atoms with Crippen molar-refractivity contribution in [2.75, 3.05) is 6.61 Å². The quantitative estimate of drug-likeness (QED) is 0.444. The highest BCUT2D eigenvalue weighted by molar-refractivity contribution is 5.25. The van der Waals surface area contributed by atoms with Crippen molar-refractivity contribution < 1.29 is 20.4 Å². The van der Waals surface area contributed by atoms with Crippen LogP contribution in [0, 0.1) is 46.3 Å². The van der Waals surface area contributed by atoms with Crippen LogP contribution in [0.4, 0.5) is 0 Å². The van der Waals surface area contributed by atoms with Crippen molar-refractivity contribution in [1.29, 1.82) is 0 Å². The van der Waals surface area contributed by atoms with Gasteiger partial charge in [0.2, 0.25) is 0 Å². The third-order valence-corrected chi connectivity index (χ3v) is 11.1. The Morgan fingerprint density at radius 1 is 1.09 bits per heavy atom. The Bertz CT molecular complexity index is 711. The molecule has 4 aliphatic carbocycles. The highest BCUT2D eigenvalue weighted by atomic mass is 16.3. The first kappa shape index (κ1) is 24.7. The van der Waals surface area contributed by atoms with E-state index in [-0.39, 0.29) is 35.4 Å². The third kappa shape index (κ3) is 4.01. The van der Waals surface area contributed by atoms with E-state index in [4.69, 9.17) is 0 Å².